The Hall–Kier alpha value is -1.98. The molecule has 2 aromatic carbocycles. The van der Waals surface area contributed by atoms with E-state index in [1.165, 1.54) is 0 Å². The molecule has 0 saturated heterocycles. The van der Waals surface area contributed by atoms with E-state index in [4.69, 9.17) is 4.74 Å². The van der Waals surface area contributed by atoms with Crippen LogP contribution in [0.2, 0.25) is 0 Å². The summed E-state index contributed by atoms with van der Waals surface area (Å²) >= 11 is 1.59. The van der Waals surface area contributed by atoms with Crippen molar-refractivity contribution in [1.29, 1.82) is 0 Å². The maximum atomic E-state index is 12.5. The number of carbonyl (C=O) groups excluding carboxylic acids is 1. The average molecular weight is 342 g/mol. The van der Waals surface area contributed by atoms with E-state index < -0.39 is 0 Å². The first kappa shape index (κ1) is 16.9. The van der Waals surface area contributed by atoms with Gasteiger partial charge in [0.25, 0.3) is 5.91 Å². The van der Waals surface area contributed by atoms with Gasteiger partial charge in [-0.2, -0.15) is 0 Å². The molecule has 0 saturated carbocycles. The summed E-state index contributed by atoms with van der Waals surface area (Å²) in [4.78, 5) is 14.6. The quantitative estimate of drug-likeness (QED) is 0.877. The highest BCUT2D eigenvalue weighted by Crippen LogP contribution is 2.39. The summed E-state index contributed by atoms with van der Waals surface area (Å²) < 4.78 is 6.17. The van der Waals surface area contributed by atoms with Gasteiger partial charge in [0.1, 0.15) is 11.9 Å². The van der Waals surface area contributed by atoms with Crippen LogP contribution in [0.15, 0.2) is 52.3 Å². The van der Waals surface area contributed by atoms with Crippen LogP contribution in [0.3, 0.4) is 0 Å². The third kappa shape index (κ3) is 3.57. The van der Waals surface area contributed by atoms with Crippen LogP contribution in [0.25, 0.3) is 0 Å². The van der Waals surface area contributed by atoms with Gasteiger partial charge in [-0.15, -0.1) is 0 Å². The molecule has 1 aliphatic heterocycles. The summed E-state index contributed by atoms with van der Waals surface area (Å²) in [5.74, 6) is 0.636. The first-order valence-electron chi connectivity index (χ1n) is 8.15. The van der Waals surface area contributed by atoms with E-state index in [1.807, 2.05) is 43.4 Å². The van der Waals surface area contributed by atoms with Crippen LogP contribution < -0.4 is 15.4 Å². The number of rotatable bonds is 5. The highest BCUT2D eigenvalue weighted by Gasteiger charge is 2.27. The molecule has 2 aromatic rings. The van der Waals surface area contributed by atoms with E-state index in [1.54, 1.807) is 18.8 Å². The SMILES string of the molecule is CNCC1CCc2ccc(Sc3ccccc3)c(C(=O)NC)c2O1. The Kier molecular flexibility index (Phi) is 5.43. The molecule has 3 rings (SSSR count). The van der Waals surface area contributed by atoms with Crippen LogP contribution in [0, 0.1) is 0 Å². The molecule has 0 aliphatic carbocycles. The largest absolute Gasteiger partial charge is 0.488 e. The molecule has 126 valence electrons. The van der Waals surface area contributed by atoms with Gasteiger partial charge in [-0.05, 0) is 43.7 Å². The zero-order chi connectivity index (χ0) is 16.9. The lowest BCUT2D eigenvalue weighted by Gasteiger charge is -2.28. The molecule has 4 nitrogen and oxygen atoms in total. The molecule has 1 heterocycles. The van der Waals surface area contributed by atoms with E-state index in [-0.39, 0.29) is 12.0 Å². The number of carbonyl (C=O) groups is 1. The molecule has 1 unspecified atom stereocenters. The molecular formula is C19H22N2O2S. The van der Waals surface area contributed by atoms with Crippen LogP contribution in [-0.4, -0.2) is 32.7 Å². The monoisotopic (exact) mass is 342 g/mol. The van der Waals surface area contributed by atoms with Crippen molar-refractivity contribution >= 4 is 17.7 Å². The second-order valence-electron chi connectivity index (χ2n) is 5.76. The molecule has 0 radical (unpaired) electrons. The predicted molar refractivity (Wildman–Crippen MR) is 97.1 cm³/mol. The first-order chi connectivity index (χ1) is 11.7. The van der Waals surface area contributed by atoms with E-state index in [9.17, 15) is 4.79 Å². The van der Waals surface area contributed by atoms with E-state index >= 15 is 0 Å². The highest BCUT2D eigenvalue weighted by atomic mass is 32.2. The van der Waals surface area contributed by atoms with Gasteiger partial charge >= 0.3 is 0 Å². The van der Waals surface area contributed by atoms with Gasteiger partial charge in [0, 0.05) is 23.4 Å². The fourth-order valence-electron chi connectivity index (χ4n) is 2.89. The van der Waals surface area contributed by atoms with E-state index in [0.29, 0.717) is 5.56 Å². The molecule has 0 aromatic heterocycles. The zero-order valence-corrected chi connectivity index (χ0v) is 14.8. The van der Waals surface area contributed by atoms with Crippen LogP contribution in [0.5, 0.6) is 5.75 Å². The summed E-state index contributed by atoms with van der Waals surface area (Å²) in [7, 11) is 3.58. The molecule has 0 bridgehead atoms. The van der Waals surface area contributed by atoms with Crippen molar-refractivity contribution in [2.45, 2.75) is 28.7 Å². The normalized spacial score (nSPS) is 16.2. The van der Waals surface area contributed by atoms with Crippen molar-refractivity contribution in [1.82, 2.24) is 10.6 Å². The lowest BCUT2D eigenvalue weighted by Crippen LogP contribution is -2.34. The smallest absolute Gasteiger partial charge is 0.255 e. The van der Waals surface area contributed by atoms with Crippen LogP contribution in [-0.2, 0) is 6.42 Å². The predicted octanol–water partition coefficient (Wildman–Crippen LogP) is 3.11. The number of benzene rings is 2. The second kappa shape index (κ2) is 7.73. The third-order valence-electron chi connectivity index (χ3n) is 4.08. The van der Waals surface area contributed by atoms with Crippen molar-refractivity contribution < 1.29 is 9.53 Å². The summed E-state index contributed by atoms with van der Waals surface area (Å²) in [6, 6.07) is 14.2. The molecule has 24 heavy (non-hydrogen) atoms. The number of hydrogen-bond donors (Lipinski definition) is 2. The van der Waals surface area contributed by atoms with Crippen molar-refractivity contribution in [3.05, 3.63) is 53.6 Å². The molecule has 1 aliphatic rings. The topological polar surface area (TPSA) is 50.4 Å². The van der Waals surface area contributed by atoms with Crippen LogP contribution in [0.1, 0.15) is 22.3 Å². The van der Waals surface area contributed by atoms with Gasteiger partial charge in [0.05, 0.1) is 5.56 Å². The first-order valence-corrected chi connectivity index (χ1v) is 8.96. The Labute approximate surface area is 147 Å². The van der Waals surface area contributed by atoms with Gasteiger partial charge in [-0.1, -0.05) is 36.0 Å². The molecule has 5 heteroatoms. The number of nitrogens with one attached hydrogen (secondary N) is 2. The Morgan fingerprint density at radius 2 is 2.00 bits per heavy atom. The Morgan fingerprint density at radius 1 is 1.21 bits per heavy atom. The Morgan fingerprint density at radius 3 is 2.71 bits per heavy atom. The molecule has 0 fully saturated rings. The second-order valence-corrected chi connectivity index (χ2v) is 6.87. The van der Waals surface area contributed by atoms with Crippen molar-refractivity contribution in [2.24, 2.45) is 0 Å². The third-order valence-corrected chi connectivity index (χ3v) is 5.15. The van der Waals surface area contributed by atoms with Crippen molar-refractivity contribution in [3.8, 4) is 5.75 Å². The van der Waals surface area contributed by atoms with Gasteiger partial charge in [-0.25, -0.2) is 0 Å². The van der Waals surface area contributed by atoms with Crippen LogP contribution in [0.4, 0.5) is 0 Å². The molecule has 1 atom stereocenters. The van der Waals surface area contributed by atoms with E-state index in [0.717, 1.165) is 40.5 Å². The van der Waals surface area contributed by atoms with Gasteiger partial charge < -0.3 is 15.4 Å². The Bertz CT molecular complexity index is 719. The molecule has 1 amide bonds. The summed E-state index contributed by atoms with van der Waals surface area (Å²) in [5, 5.41) is 5.91. The maximum Gasteiger partial charge on any atom is 0.255 e. The minimum Gasteiger partial charge on any atom is -0.488 e. The van der Waals surface area contributed by atoms with E-state index in [2.05, 4.69) is 16.7 Å². The minimum absolute atomic E-state index is 0.0999. The van der Waals surface area contributed by atoms with Gasteiger partial charge in [0.2, 0.25) is 0 Å². The lowest BCUT2D eigenvalue weighted by molar-refractivity contribution is 0.0948. The highest BCUT2D eigenvalue weighted by molar-refractivity contribution is 7.99. The number of ether oxygens (including phenoxy) is 1. The minimum atomic E-state index is -0.101. The van der Waals surface area contributed by atoms with Gasteiger partial charge in [0.15, 0.2) is 0 Å². The van der Waals surface area contributed by atoms with Crippen molar-refractivity contribution in [2.75, 3.05) is 20.6 Å². The Balaban J connectivity index is 2.00. The molecule has 2 N–H and O–H groups in total. The summed E-state index contributed by atoms with van der Waals surface area (Å²) in [6.07, 6.45) is 2.00. The molecule has 0 spiro atoms. The standard InChI is InChI=1S/C19H22N2O2S/c1-20-12-14-10-8-13-9-11-16(24-15-6-4-3-5-7-15)17(18(13)23-14)19(22)21-2/h3-7,9,11,14,20H,8,10,12H2,1-2H3,(H,21,22). The lowest BCUT2D eigenvalue weighted by atomic mass is 9.98. The molecular weight excluding hydrogens is 320 g/mol. The zero-order valence-electron chi connectivity index (χ0n) is 14.0. The average Bonchev–Trinajstić information content (AvgIpc) is 2.62. The fourth-order valence-corrected chi connectivity index (χ4v) is 3.86. The fraction of sp³-hybridized carbons (Fsp3) is 0.316. The number of likely N-dealkylation sites (N-methyl/N-ethyl adjacent to an activating group) is 1. The number of amides is 1. The van der Waals surface area contributed by atoms with Gasteiger partial charge in [-0.3, -0.25) is 4.79 Å². The van der Waals surface area contributed by atoms with Crippen molar-refractivity contribution in [3.63, 3.8) is 0 Å². The number of hydrogen-bond acceptors (Lipinski definition) is 4. The van der Waals surface area contributed by atoms with Crippen LogP contribution >= 0.6 is 11.8 Å². The number of aryl methyl sites for hydroxylation is 1. The summed E-state index contributed by atoms with van der Waals surface area (Å²) in [5.41, 5.74) is 1.75. The number of fused-ring (bicyclic) bond motifs is 1. The maximum absolute atomic E-state index is 12.5. The summed E-state index contributed by atoms with van der Waals surface area (Å²) in [6.45, 7) is 0.780.